The Morgan fingerprint density at radius 3 is 2.57 bits per heavy atom. The van der Waals surface area contributed by atoms with Gasteiger partial charge >= 0.3 is 0 Å². The van der Waals surface area contributed by atoms with Crippen LogP contribution in [0.2, 0.25) is 0 Å². The molecule has 5 rings (SSSR count). The zero-order valence-corrected chi connectivity index (χ0v) is 21.6. The standard InChI is InChI=1S/C29H32N2O3S/c1-4-34-19-12-10-18(11-13-19)21-14-26(33)31(23-15-29(2,3)16-24(32)27(21)23)28-22(17-30)20-8-6-5-7-9-25(20)35-28/h10-13,21H,4-9,14-16H2,1-3H3. The second kappa shape index (κ2) is 9.28. The highest BCUT2D eigenvalue weighted by Gasteiger charge is 2.45. The van der Waals surface area contributed by atoms with Gasteiger partial charge in [0.1, 0.15) is 16.8 Å². The zero-order chi connectivity index (χ0) is 24.7. The number of hydrogen-bond donors (Lipinski definition) is 0. The number of nitriles is 1. The summed E-state index contributed by atoms with van der Waals surface area (Å²) in [5, 5.41) is 10.9. The van der Waals surface area contributed by atoms with E-state index in [9.17, 15) is 14.9 Å². The molecule has 0 saturated heterocycles. The number of aryl methyl sites for hydroxylation is 1. The van der Waals surface area contributed by atoms with Crippen molar-refractivity contribution in [2.75, 3.05) is 11.5 Å². The van der Waals surface area contributed by atoms with Crippen molar-refractivity contribution < 1.29 is 14.3 Å². The maximum Gasteiger partial charge on any atom is 0.232 e. The van der Waals surface area contributed by atoms with Crippen LogP contribution in [0.15, 0.2) is 35.5 Å². The predicted molar refractivity (Wildman–Crippen MR) is 138 cm³/mol. The molecule has 2 heterocycles. The number of fused-ring (bicyclic) bond motifs is 1. The molecule has 1 unspecified atom stereocenters. The van der Waals surface area contributed by atoms with Crippen molar-refractivity contribution in [2.45, 2.75) is 78.1 Å². The highest BCUT2D eigenvalue weighted by atomic mass is 32.1. The van der Waals surface area contributed by atoms with Crippen molar-refractivity contribution in [1.29, 1.82) is 5.26 Å². The molecule has 0 radical (unpaired) electrons. The van der Waals surface area contributed by atoms with E-state index in [0.29, 0.717) is 25.0 Å². The van der Waals surface area contributed by atoms with Crippen LogP contribution < -0.4 is 9.64 Å². The molecule has 2 aromatic rings. The number of Topliss-reactive ketones (excluding diaryl/α,β-unsaturated/α-hetero) is 1. The van der Waals surface area contributed by atoms with Gasteiger partial charge in [-0.3, -0.25) is 14.5 Å². The predicted octanol–water partition coefficient (Wildman–Crippen LogP) is 6.45. The molecular formula is C29H32N2O3S. The van der Waals surface area contributed by atoms with Gasteiger partial charge in [0.05, 0.1) is 12.2 Å². The molecule has 1 amide bonds. The van der Waals surface area contributed by atoms with Gasteiger partial charge in [-0.25, -0.2) is 0 Å². The Hall–Kier alpha value is -2.91. The number of ketones is 1. The number of nitrogens with zero attached hydrogens (tertiary/aromatic N) is 2. The number of thiophene rings is 1. The normalized spacial score (nSPS) is 21.8. The number of amides is 1. The minimum atomic E-state index is -0.267. The molecule has 5 nitrogen and oxygen atoms in total. The summed E-state index contributed by atoms with van der Waals surface area (Å²) < 4.78 is 5.59. The second-order valence-corrected chi connectivity index (χ2v) is 11.7. The van der Waals surface area contributed by atoms with E-state index in [1.165, 1.54) is 11.3 Å². The third-order valence-electron chi connectivity index (χ3n) is 7.45. The van der Waals surface area contributed by atoms with Gasteiger partial charge in [0, 0.05) is 34.9 Å². The maximum absolute atomic E-state index is 13.8. The molecule has 0 N–H and O–H groups in total. The molecule has 182 valence electrons. The highest BCUT2D eigenvalue weighted by molar-refractivity contribution is 7.16. The highest BCUT2D eigenvalue weighted by Crippen LogP contribution is 2.51. The Balaban J connectivity index is 1.65. The zero-order valence-electron chi connectivity index (χ0n) is 20.8. The fraction of sp³-hybridized carbons (Fsp3) is 0.483. The van der Waals surface area contributed by atoms with Crippen LogP contribution in [0.5, 0.6) is 5.75 Å². The van der Waals surface area contributed by atoms with E-state index >= 15 is 0 Å². The van der Waals surface area contributed by atoms with Crippen LogP contribution in [0.4, 0.5) is 5.00 Å². The summed E-state index contributed by atoms with van der Waals surface area (Å²) in [5.74, 6) is 0.603. The molecule has 1 aliphatic heterocycles. The quantitative estimate of drug-likeness (QED) is 0.464. The molecular weight excluding hydrogens is 456 g/mol. The average molecular weight is 489 g/mol. The van der Waals surface area contributed by atoms with Gasteiger partial charge in [0.25, 0.3) is 0 Å². The molecule has 2 aliphatic carbocycles. The number of carbonyl (C=O) groups excluding carboxylic acids is 2. The van der Waals surface area contributed by atoms with Crippen molar-refractivity contribution in [3.05, 3.63) is 57.1 Å². The van der Waals surface area contributed by atoms with E-state index in [-0.39, 0.29) is 29.4 Å². The van der Waals surface area contributed by atoms with Crippen molar-refractivity contribution in [2.24, 2.45) is 5.41 Å². The molecule has 0 saturated carbocycles. The lowest BCUT2D eigenvalue weighted by Gasteiger charge is -2.42. The summed E-state index contributed by atoms with van der Waals surface area (Å²) in [5.41, 5.74) is 4.04. The summed E-state index contributed by atoms with van der Waals surface area (Å²) in [6, 6.07) is 10.2. The molecule has 1 aromatic heterocycles. The van der Waals surface area contributed by atoms with E-state index in [0.717, 1.165) is 58.8 Å². The molecule has 0 fully saturated rings. The van der Waals surface area contributed by atoms with Crippen LogP contribution in [0.3, 0.4) is 0 Å². The second-order valence-electron chi connectivity index (χ2n) is 10.6. The van der Waals surface area contributed by atoms with Gasteiger partial charge in [0.2, 0.25) is 5.91 Å². The first-order chi connectivity index (χ1) is 16.8. The van der Waals surface area contributed by atoms with Gasteiger partial charge in [-0.05, 0) is 67.7 Å². The number of ether oxygens (including phenoxy) is 1. The molecule has 3 aliphatic rings. The molecule has 35 heavy (non-hydrogen) atoms. The van der Waals surface area contributed by atoms with Gasteiger partial charge in [-0.2, -0.15) is 5.26 Å². The summed E-state index contributed by atoms with van der Waals surface area (Å²) in [6.45, 7) is 6.71. The van der Waals surface area contributed by atoms with Crippen molar-refractivity contribution >= 4 is 28.0 Å². The van der Waals surface area contributed by atoms with Crippen LogP contribution >= 0.6 is 11.3 Å². The lowest BCUT2D eigenvalue weighted by Crippen LogP contribution is -2.43. The van der Waals surface area contributed by atoms with Gasteiger partial charge in [-0.1, -0.05) is 32.4 Å². The Bertz CT molecular complexity index is 1250. The molecule has 0 bridgehead atoms. The third kappa shape index (κ3) is 4.31. The SMILES string of the molecule is CCOc1ccc(C2CC(=O)N(c3sc4c(c3C#N)CCCCC4)C3=C2C(=O)CC(C)(C)C3)cc1. The molecule has 6 heteroatoms. The number of rotatable bonds is 4. The molecule has 1 atom stereocenters. The number of anilines is 1. The van der Waals surface area contributed by atoms with Crippen molar-refractivity contribution in [1.82, 2.24) is 0 Å². The first kappa shape index (κ1) is 23.8. The molecule has 1 aromatic carbocycles. The minimum Gasteiger partial charge on any atom is -0.494 e. The number of carbonyl (C=O) groups is 2. The Morgan fingerprint density at radius 1 is 1.11 bits per heavy atom. The first-order valence-corrected chi connectivity index (χ1v) is 13.5. The Labute approximate surface area is 211 Å². The average Bonchev–Trinajstić information content (AvgIpc) is 2.98. The maximum atomic E-state index is 13.8. The van der Waals surface area contributed by atoms with Crippen LogP contribution in [0.1, 0.15) is 86.8 Å². The van der Waals surface area contributed by atoms with Gasteiger partial charge in [-0.15, -0.1) is 11.3 Å². The number of allylic oxidation sites excluding steroid dienone is 2. The summed E-state index contributed by atoms with van der Waals surface area (Å²) in [7, 11) is 0. The smallest absolute Gasteiger partial charge is 0.232 e. The largest absolute Gasteiger partial charge is 0.494 e. The first-order valence-electron chi connectivity index (χ1n) is 12.7. The van der Waals surface area contributed by atoms with Crippen LogP contribution in [0.25, 0.3) is 0 Å². The fourth-order valence-electron chi connectivity index (χ4n) is 5.90. The topological polar surface area (TPSA) is 70.4 Å². The summed E-state index contributed by atoms with van der Waals surface area (Å²) >= 11 is 1.59. The molecule has 0 spiro atoms. The van der Waals surface area contributed by atoms with Crippen molar-refractivity contribution in [3.8, 4) is 11.8 Å². The van der Waals surface area contributed by atoms with E-state index in [1.54, 1.807) is 16.2 Å². The Kier molecular flexibility index (Phi) is 6.31. The van der Waals surface area contributed by atoms with Crippen LogP contribution in [-0.2, 0) is 22.4 Å². The summed E-state index contributed by atoms with van der Waals surface area (Å²) in [4.78, 5) is 30.4. The Morgan fingerprint density at radius 2 is 1.86 bits per heavy atom. The van der Waals surface area contributed by atoms with E-state index < -0.39 is 0 Å². The van der Waals surface area contributed by atoms with E-state index in [2.05, 4.69) is 19.9 Å². The van der Waals surface area contributed by atoms with Crippen LogP contribution in [-0.4, -0.2) is 18.3 Å². The van der Waals surface area contributed by atoms with Gasteiger partial charge < -0.3 is 4.74 Å². The third-order valence-corrected chi connectivity index (χ3v) is 8.73. The number of benzene rings is 1. The van der Waals surface area contributed by atoms with Crippen molar-refractivity contribution in [3.63, 3.8) is 0 Å². The minimum absolute atomic E-state index is 0.0268. The fourth-order valence-corrected chi connectivity index (χ4v) is 7.28. The van der Waals surface area contributed by atoms with Crippen LogP contribution in [0, 0.1) is 16.7 Å². The monoisotopic (exact) mass is 488 g/mol. The van der Waals surface area contributed by atoms with E-state index in [4.69, 9.17) is 4.74 Å². The van der Waals surface area contributed by atoms with Gasteiger partial charge in [0.15, 0.2) is 5.78 Å². The lowest BCUT2D eigenvalue weighted by molar-refractivity contribution is -0.120. The summed E-state index contributed by atoms with van der Waals surface area (Å²) in [6.07, 6.45) is 6.55. The lowest BCUT2D eigenvalue weighted by atomic mass is 9.69. The van der Waals surface area contributed by atoms with E-state index in [1.807, 2.05) is 31.2 Å². The number of hydrogen-bond acceptors (Lipinski definition) is 5.